The molecule has 1 atom stereocenters. The van der Waals surface area contributed by atoms with Gasteiger partial charge in [-0.05, 0) is 30.1 Å². The molecule has 1 heteroatoms. The van der Waals surface area contributed by atoms with E-state index in [1.54, 1.807) is 0 Å². The van der Waals surface area contributed by atoms with Crippen LogP contribution in [0.1, 0.15) is 33.6 Å². The largest absolute Gasteiger partial charge is 0.396 e. The van der Waals surface area contributed by atoms with Gasteiger partial charge in [-0.2, -0.15) is 0 Å². The molecule has 0 saturated heterocycles. The van der Waals surface area contributed by atoms with Gasteiger partial charge in [-0.15, -0.1) is 0 Å². The zero-order chi connectivity index (χ0) is 7.78. The molecule has 0 heterocycles. The van der Waals surface area contributed by atoms with E-state index in [1.807, 2.05) is 0 Å². The Balaban J connectivity index is 2.26. The lowest BCUT2D eigenvalue weighted by Gasteiger charge is -2.45. The summed E-state index contributed by atoms with van der Waals surface area (Å²) in [7, 11) is 0. The van der Waals surface area contributed by atoms with Gasteiger partial charge in [0.15, 0.2) is 0 Å². The average Bonchev–Trinajstić information content (AvgIpc) is 1.81. The zero-order valence-corrected chi connectivity index (χ0v) is 7.22. The number of rotatable bonds is 2. The first kappa shape index (κ1) is 8.06. The molecule has 1 rings (SSSR count). The Labute approximate surface area is 63.4 Å². The molecule has 0 aromatic rings. The van der Waals surface area contributed by atoms with Crippen molar-refractivity contribution in [3.8, 4) is 0 Å². The lowest BCUT2D eigenvalue weighted by molar-refractivity contribution is 0.0318. The first-order valence-corrected chi connectivity index (χ1v) is 4.16. The predicted molar refractivity (Wildman–Crippen MR) is 42.8 cm³/mol. The molecule has 1 N–H and O–H groups in total. The fourth-order valence-corrected chi connectivity index (χ4v) is 1.91. The fraction of sp³-hybridized carbons (Fsp3) is 1.00. The maximum Gasteiger partial charge on any atom is 0.0459 e. The standard InChI is InChI=1S/C9H18O/c1-7(6-10)8-4-9(2,3)5-8/h7-8,10H,4-6H2,1-3H3. The summed E-state index contributed by atoms with van der Waals surface area (Å²) in [5.74, 6) is 1.31. The Bertz CT molecular complexity index is 110. The summed E-state index contributed by atoms with van der Waals surface area (Å²) >= 11 is 0. The second-order valence-corrected chi connectivity index (χ2v) is 4.49. The first-order valence-electron chi connectivity index (χ1n) is 4.16. The van der Waals surface area contributed by atoms with Crippen molar-refractivity contribution in [3.63, 3.8) is 0 Å². The summed E-state index contributed by atoms with van der Waals surface area (Å²) in [5, 5.41) is 8.84. The van der Waals surface area contributed by atoms with Gasteiger partial charge in [0.1, 0.15) is 0 Å². The van der Waals surface area contributed by atoms with Crippen LogP contribution in [0, 0.1) is 17.3 Å². The quantitative estimate of drug-likeness (QED) is 0.625. The van der Waals surface area contributed by atoms with E-state index >= 15 is 0 Å². The van der Waals surface area contributed by atoms with E-state index < -0.39 is 0 Å². The van der Waals surface area contributed by atoms with Crippen molar-refractivity contribution in [1.29, 1.82) is 0 Å². The predicted octanol–water partition coefficient (Wildman–Crippen LogP) is 2.05. The van der Waals surface area contributed by atoms with Crippen LogP contribution in [0.5, 0.6) is 0 Å². The van der Waals surface area contributed by atoms with Crippen molar-refractivity contribution < 1.29 is 5.11 Å². The van der Waals surface area contributed by atoms with Crippen molar-refractivity contribution in [2.75, 3.05) is 6.61 Å². The lowest BCUT2D eigenvalue weighted by Crippen LogP contribution is -2.36. The summed E-state index contributed by atoms with van der Waals surface area (Å²) in [6.45, 7) is 7.10. The van der Waals surface area contributed by atoms with Gasteiger partial charge in [0.25, 0.3) is 0 Å². The minimum absolute atomic E-state index is 0.362. The molecule has 60 valence electrons. The summed E-state index contributed by atoms with van der Waals surface area (Å²) in [4.78, 5) is 0. The van der Waals surface area contributed by atoms with E-state index in [2.05, 4.69) is 20.8 Å². The van der Waals surface area contributed by atoms with Crippen LogP contribution in [0.2, 0.25) is 0 Å². The molecule has 1 nitrogen and oxygen atoms in total. The molecule has 0 aromatic carbocycles. The van der Waals surface area contributed by atoms with Gasteiger partial charge in [-0.3, -0.25) is 0 Å². The molecule has 1 unspecified atom stereocenters. The van der Waals surface area contributed by atoms with Crippen LogP contribution in [-0.4, -0.2) is 11.7 Å². The minimum atomic E-state index is 0.362. The highest BCUT2D eigenvalue weighted by Crippen LogP contribution is 2.47. The maximum atomic E-state index is 8.84. The summed E-state index contributed by atoms with van der Waals surface area (Å²) in [6, 6.07) is 0. The smallest absolute Gasteiger partial charge is 0.0459 e. The highest BCUT2D eigenvalue weighted by Gasteiger charge is 2.38. The molecular weight excluding hydrogens is 124 g/mol. The van der Waals surface area contributed by atoms with E-state index in [9.17, 15) is 0 Å². The topological polar surface area (TPSA) is 20.2 Å². The third-order valence-corrected chi connectivity index (χ3v) is 2.72. The van der Waals surface area contributed by atoms with Gasteiger partial charge in [-0.25, -0.2) is 0 Å². The van der Waals surface area contributed by atoms with Crippen molar-refractivity contribution in [2.24, 2.45) is 17.3 Å². The van der Waals surface area contributed by atoms with Gasteiger partial charge in [0.2, 0.25) is 0 Å². The third kappa shape index (κ3) is 1.51. The van der Waals surface area contributed by atoms with Gasteiger partial charge in [0, 0.05) is 6.61 Å². The number of hydrogen-bond acceptors (Lipinski definition) is 1. The molecule has 0 amide bonds. The Morgan fingerprint density at radius 1 is 1.50 bits per heavy atom. The maximum absolute atomic E-state index is 8.84. The molecule has 0 aromatic heterocycles. The highest BCUT2D eigenvalue weighted by atomic mass is 16.3. The Kier molecular flexibility index (Phi) is 2.04. The van der Waals surface area contributed by atoms with Crippen LogP contribution < -0.4 is 0 Å². The Hall–Kier alpha value is -0.0400. The average molecular weight is 142 g/mol. The van der Waals surface area contributed by atoms with Crippen molar-refractivity contribution in [2.45, 2.75) is 33.6 Å². The number of hydrogen-bond donors (Lipinski definition) is 1. The van der Waals surface area contributed by atoms with E-state index in [1.165, 1.54) is 12.8 Å². The second kappa shape index (κ2) is 2.54. The molecule has 10 heavy (non-hydrogen) atoms. The Morgan fingerprint density at radius 3 is 2.30 bits per heavy atom. The van der Waals surface area contributed by atoms with Gasteiger partial charge >= 0.3 is 0 Å². The molecule has 1 aliphatic carbocycles. The van der Waals surface area contributed by atoms with Crippen LogP contribution in [0.3, 0.4) is 0 Å². The molecule has 1 saturated carbocycles. The van der Waals surface area contributed by atoms with E-state index in [0.29, 0.717) is 17.9 Å². The van der Waals surface area contributed by atoms with Crippen molar-refractivity contribution >= 4 is 0 Å². The monoisotopic (exact) mass is 142 g/mol. The molecule has 0 radical (unpaired) electrons. The highest BCUT2D eigenvalue weighted by molar-refractivity contribution is 4.88. The SMILES string of the molecule is CC(CO)C1CC(C)(C)C1. The van der Waals surface area contributed by atoms with E-state index in [4.69, 9.17) is 5.11 Å². The number of aliphatic hydroxyl groups excluding tert-OH is 1. The summed E-state index contributed by atoms with van der Waals surface area (Å²) in [5.41, 5.74) is 0.564. The van der Waals surface area contributed by atoms with Crippen LogP contribution >= 0.6 is 0 Å². The van der Waals surface area contributed by atoms with E-state index in [-0.39, 0.29) is 0 Å². The van der Waals surface area contributed by atoms with Crippen LogP contribution in [-0.2, 0) is 0 Å². The van der Waals surface area contributed by atoms with Gasteiger partial charge in [-0.1, -0.05) is 20.8 Å². The van der Waals surface area contributed by atoms with Crippen molar-refractivity contribution in [1.82, 2.24) is 0 Å². The summed E-state index contributed by atoms with van der Waals surface area (Å²) < 4.78 is 0. The second-order valence-electron chi connectivity index (χ2n) is 4.49. The third-order valence-electron chi connectivity index (χ3n) is 2.72. The minimum Gasteiger partial charge on any atom is -0.396 e. The van der Waals surface area contributed by atoms with Crippen LogP contribution in [0.15, 0.2) is 0 Å². The lowest BCUT2D eigenvalue weighted by atomic mass is 9.61. The molecule has 0 bridgehead atoms. The molecule has 1 aliphatic rings. The van der Waals surface area contributed by atoms with Crippen molar-refractivity contribution in [3.05, 3.63) is 0 Å². The van der Waals surface area contributed by atoms with E-state index in [0.717, 1.165) is 5.92 Å². The van der Waals surface area contributed by atoms with Gasteiger partial charge < -0.3 is 5.11 Å². The number of aliphatic hydroxyl groups is 1. The molecular formula is C9H18O. The first-order chi connectivity index (χ1) is 4.55. The molecule has 1 fully saturated rings. The van der Waals surface area contributed by atoms with Crippen LogP contribution in [0.25, 0.3) is 0 Å². The molecule has 0 aliphatic heterocycles. The fourth-order valence-electron chi connectivity index (χ4n) is 1.91. The Morgan fingerprint density at radius 2 is 2.00 bits per heavy atom. The normalized spacial score (nSPS) is 27.6. The zero-order valence-electron chi connectivity index (χ0n) is 7.22. The van der Waals surface area contributed by atoms with Gasteiger partial charge in [0.05, 0.1) is 0 Å². The van der Waals surface area contributed by atoms with Crippen LogP contribution in [0.4, 0.5) is 0 Å². The summed E-state index contributed by atoms with van der Waals surface area (Å²) in [6.07, 6.45) is 2.60. The molecule has 0 spiro atoms.